The predicted molar refractivity (Wildman–Crippen MR) is 247 cm³/mol. The van der Waals surface area contributed by atoms with Crippen molar-refractivity contribution in [2.24, 2.45) is 0 Å². The first-order chi connectivity index (χ1) is 28.5. The number of allylic oxidation sites excluding steroid dienone is 11. The van der Waals surface area contributed by atoms with Crippen LogP contribution in [-0.2, 0) is 28.6 Å². The molecule has 0 rings (SSSR count). The molecule has 6 heteroatoms. The van der Waals surface area contributed by atoms with Crippen LogP contribution in [0.4, 0.5) is 0 Å². The van der Waals surface area contributed by atoms with Gasteiger partial charge in [-0.1, -0.05) is 196 Å². The summed E-state index contributed by atoms with van der Waals surface area (Å²) in [6, 6.07) is 0. The maximum atomic E-state index is 12.7. The summed E-state index contributed by atoms with van der Waals surface area (Å²) in [5, 5.41) is 0. The number of hydrogen-bond acceptors (Lipinski definition) is 6. The summed E-state index contributed by atoms with van der Waals surface area (Å²) in [5.74, 6) is -1.14. The van der Waals surface area contributed by atoms with E-state index >= 15 is 0 Å². The van der Waals surface area contributed by atoms with Gasteiger partial charge in [-0.15, -0.1) is 0 Å². The summed E-state index contributed by atoms with van der Waals surface area (Å²) in [5.41, 5.74) is 0. The highest BCUT2D eigenvalue weighted by atomic mass is 16.6. The fourth-order valence-electron chi connectivity index (χ4n) is 6.37. The molecular weight excluding hydrogens is 721 g/mol. The second-order valence-electron chi connectivity index (χ2n) is 15.6. The zero-order valence-corrected chi connectivity index (χ0v) is 37.8. The Kier molecular flexibility index (Phi) is 44.0. The zero-order valence-electron chi connectivity index (χ0n) is 37.8. The Hall–Kier alpha value is -3.15. The molecule has 0 aliphatic rings. The monoisotopic (exact) mass is 809 g/mol. The Morgan fingerprint density at radius 3 is 1.29 bits per heavy atom. The molecule has 0 aliphatic carbocycles. The van der Waals surface area contributed by atoms with Crippen molar-refractivity contribution >= 4 is 17.9 Å². The zero-order chi connectivity index (χ0) is 42.3. The van der Waals surface area contributed by atoms with Gasteiger partial charge in [0.05, 0.1) is 6.42 Å². The van der Waals surface area contributed by atoms with Crippen LogP contribution in [0.5, 0.6) is 0 Å². The standard InChI is InChI=1S/C52H88O6/c1-4-7-10-13-16-19-21-23-24-25-26-27-29-30-33-36-39-42-45-51(54)57-48-49(47-56-50(53)44-41-38-35-32-18-15-12-9-6-3)58-52(55)46-43-40-37-34-31-28-22-20-17-14-11-8-5-2/h9,12,18,26-28,31-32,37-38,40-41,49H,4-8,10-11,13-17,19-25,29-30,33-36,39,42-48H2,1-3H3/b12-9-,27-26-,31-28-,32-18-,40-37-,41-38-. The van der Waals surface area contributed by atoms with E-state index in [1.165, 1.54) is 109 Å². The van der Waals surface area contributed by atoms with Crippen LogP contribution >= 0.6 is 0 Å². The number of rotatable bonds is 42. The maximum Gasteiger partial charge on any atom is 0.309 e. The van der Waals surface area contributed by atoms with E-state index in [1.807, 2.05) is 12.2 Å². The van der Waals surface area contributed by atoms with E-state index in [-0.39, 0.29) is 32.0 Å². The fourth-order valence-corrected chi connectivity index (χ4v) is 6.37. The Morgan fingerprint density at radius 1 is 0.379 bits per heavy atom. The molecule has 0 fully saturated rings. The summed E-state index contributed by atoms with van der Waals surface area (Å²) in [6.07, 6.45) is 58.0. The number of unbranched alkanes of at least 4 members (excludes halogenated alkanes) is 20. The lowest BCUT2D eigenvalue weighted by molar-refractivity contribution is -0.166. The molecule has 6 nitrogen and oxygen atoms in total. The second kappa shape index (κ2) is 46.5. The van der Waals surface area contributed by atoms with Gasteiger partial charge in [-0.2, -0.15) is 0 Å². The van der Waals surface area contributed by atoms with Gasteiger partial charge in [0.2, 0.25) is 0 Å². The molecule has 0 aromatic heterocycles. The van der Waals surface area contributed by atoms with E-state index in [2.05, 4.69) is 75.5 Å². The third-order valence-corrected chi connectivity index (χ3v) is 9.96. The van der Waals surface area contributed by atoms with Gasteiger partial charge in [0.15, 0.2) is 6.10 Å². The van der Waals surface area contributed by atoms with Gasteiger partial charge in [-0.05, 0) is 77.0 Å². The van der Waals surface area contributed by atoms with E-state index in [1.54, 1.807) is 6.08 Å². The van der Waals surface area contributed by atoms with Crippen molar-refractivity contribution in [3.63, 3.8) is 0 Å². The minimum Gasteiger partial charge on any atom is -0.462 e. The molecule has 0 bridgehead atoms. The van der Waals surface area contributed by atoms with Crippen molar-refractivity contribution < 1.29 is 28.6 Å². The van der Waals surface area contributed by atoms with Gasteiger partial charge in [0.25, 0.3) is 0 Å². The second-order valence-corrected chi connectivity index (χ2v) is 15.6. The molecule has 0 aliphatic heterocycles. The lowest BCUT2D eigenvalue weighted by Gasteiger charge is -2.18. The van der Waals surface area contributed by atoms with Crippen LogP contribution in [0.1, 0.15) is 220 Å². The lowest BCUT2D eigenvalue weighted by Crippen LogP contribution is -2.30. The Morgan fingerprint density at radius 2 is 0.776 bits per heavy atom. The molecule has 0 heterocycles. The lowest BCUT2D eigenvalue weighted by atomic mass is 10.1. The normalized spacial score (nSPS) is 12.7. The van der Waals surface area contributed by atoms with Crippen LogP contribution in [0.2, 0.25) is 0 Å². The number of esters is 3. The van der Waals surface area contributed by atoms with E-state index in [9.17, 15) is 14.4 Å². The fraction of sp³-hybridized carbons (Fsp3) is 0.712. The smallest absolute Gasteiger partial charge is 0.309 e. The first-order valence-electron chi connectivity index (χ1n) is 23.9. The van der Waals surface area contributed by atoms with Gasteiger partial charge in [0, 0.05) is 12.8 Å². The summed E-state index contributed by atoms with van der Waals surface area (Å²) in [6.45, 7) is 6.34. The molecule has 1 atom stereocenters. The summed E-state index contributed by atoms with van der Waals surface area (Å²) < 4.78 is 16.5. The highest BCUT2D eigenvalue weighted by Gasteiger charge is 2.19. The molecule has 0 radical (unpaired) electrons. The van der Waals surface area contributed by atoms with Crippen LogP contribution in [0.15, 0.2) is 72.9 Å². The van der Waals surface area contributed by atoms with Crippen LogP contribution in [0.25, 0.3) is 0 Å². The Bertz CT molecular complexity index is 1110. The van der Waals surface area contributed by atoms with Crippen molar-refractivity contribution in [1.29, 1.82) is 0 Å². The molecule has 0 aromatic rings. The van der Waals surface area contributed by atoms with Crippen LogP contribution < -0.4 is 0 Å². The van der Waals surface area contributed by atoms with E-state index in [0.29, 0.717) is 12.8 Å². The van der Waals surface area contributed by atoms with Gasteiger partial charge in [-0.25, -0.2) is 0 Å². The van der Waals surface area contributed by atoms with Crippen molar-refractivity contribution in [3.8, 4) is 0 Å². The van der Waals surface area contributed by atoms with E-state index in [0.717, 1.165) is 64.2 Å². The number of ether oxygens (including phenoxy) is 3. The Balaban J connectivity index is 4.44. The third-order valence-electron chi connectivity index (χ3n) is 9.96. The van der Waals surface area contributed by atoms with Crippen molar-refractivity contribution in [1.82, 2.24) is 0 Å². The molecule has 0 saturated heterocycles. The van der Waals surface area contributed by atoms with Crippen LogP contribution in [-0.4, -0.2) is 37.2 Å². The molecular formula is C52H88O6. The maximum absolute atomic E-state index is 12.7. The number of hydrogen-bond donors (Lipinski definition) is 0. The molecule has 0 spiro atoms. The van der Waals surface area contributed by atoms with Gasteiger partial charge < -0.3 is 14.2 Å². The van der Waals surface area contributed by atoms with Crippen molar-refractivity contribution in [3.05, 3.63) is 72.9 Å². The molecule has 332 valence electrons. The minimum absolute atomic E-state index is 0.123. The topological polar surface area (TPSA) is 78.9 Å². The van der Waals surface area contributed by atoms with Gasteiger partial charge >= 0.3 is 17.9 Å². The van der Waals surface area contributed by atoms with Gasteiger partial charge in [-0.3, -0.25) is 14.4 Å². The molecule has 0 saturated carbocycles. The molecule has 1 unspecified atom stereocenters. The van der Waals surface area contributed by atoms with Gasteiger partial charge in [0.1, 0.15) is 13.2 Å². The molecule has 0 N–H and O–H groups in total. The number of carbonyl (C=O) groups is 3. The molecule has 0 amide bonds. The Labute approximate surface area is 357 Å². The quantitative estimate of drug-likeness (QED) is 0.0264. The largest absolute Gasteiger partial charge is 0.462 e. The first-order valence-corrected chi connectivity index (χ1v) is 23.9. The SMILES string of the molecule is CC/C=C\C/C=C\C/C=C\CC(=O)OCC(COC(=O)CCCCCCC/C=C\CCCCCCCCCCC)OC(=O)CC/C=C\C/C=C\CCCCCCCC. The highest BCUT2D eigenvalue weighted by molar-refractivity contribution is 5.72. The molecule has 58 heavy (non-hydrogen) atoms. The average Bonchev–Trinajstić information content (AvgIpc) is 3.22. The third kappa shape index (κ3) is 44.0. The van der Waals surface area contributed by atoms with Crippen LogP contribution in [0, 0.1) is 0 Å². The predicted octanol–water partition coefficient (Wildman–Crippen LogP) is 15.5. The molecule has 0 aromatic carbocycles. The summed E-state index contributed by atoms with van der Waals surface area (Å²) >= 11 is 0. The average molecular weight is 809 g/mol. The minimum atomic E-state index is -0.842. The van der Waals surface area contributed by atoms with Crippen LogP contribution in [0.3, 0.4) is 0 Å². The first kappa shape index (κ1) is 54.9. The number of carbonyl (C=O) groups excluding carboxylic acids is 3. The summed E-state index contributed by atoms with van der Waals surface area (Å²) in [7, 11) is 0. The van der Waals surface area contributed by atoms with E-state index in [4.69, 9.17) is 14.2 Å². The summed E-state index contributed by atoms with van der Waals surface area (Å²) in [4.78, 5) is 37.6. The van der Waals surface area contributed by atoms with Crippen molar-refractivity contribution in [2.45, 2.75) is 226 Å². The highest BCUT2D eigenvalue weighted by Crippen LogP contribution is 2.13. The van der Waals surface area contributed by atoms with Crippen molar-refractivity contribution in [2.75, 3.05) is 13.2 Å². The van der Waals surface area contributed by atoms with E-state index < -0.39 is 18.0 Å².